The second-order valence-corrected chi connectivity index (χ2v) is 7.86. The first-order chi connectivity index (χ1) is 16.9. The molecule has 0 atom stereocenters. The predicted octanol–water partition coefficient (Wildman–Crippen LogP) is 4.71. The first-order valence-corrected chi connectivity index (χ1v) is 10.9. The van der Waals surface area contributed by atoms with Crippen molar-refractivity contribution in [1.82, 2.24) is 0 Å². The summed E-state index contributed by atoms with van der Waals surface area (Å²) in [6.07, 6.45) is 1.87. The number of carbonyl (C=O) groups excluding carboxylic acids is 1. The Labute approximate surface area is 199 Å². The molecule has 1 N–H and O–H groups in total. The Morgan fingerprint density at radius 2 is 1.80 bits per heavy atom. The number of rotatable bonds is 5. The molecule has 0 aliphatic carbocycles. The zero-order chi connectivity index (χ0) is 24.5. The van der Waals surface area contributed by atoms with Gasteiger partial charge in [0.25, 0.3) is 0 Å². The van der Waals surface area contributed by atoms with Crippen molar-refractivity contribution >= 4 is 22.6 Å². The maximum absolute atomic E-state index is 13.3. The van der Waals surface area contributed by atoms with Crippen LogP contribution in [0.15, 0.2) is 70.1 Å². The number of nitrogens with zero attached hydrogens (tertiary/aromatic N) is 1. The highest BCUT2D eigenvalue weighted by Gasteiger charge is 2.18. The van der Waals surface area contributed by atoms with Gasteiger partial charge in [-0.25, -0.2) is 4.79 Å². The van der Waals surface area contributed by atoms with E-state index < -0.39 is 5.97 Å². The summed E-state index contributed by atoms with van der Waals surface area (Å²) in [5.41, 5.74) is 1.88. The van der Waals surface area contributed by atoms with Crippen LogP contribution < -0.4 is 24.9 Å². The Kier molecular flexibility index (Phi) is 5.86. The fourth-order valence-corrected chi connectivity index (χ4v) is 3.87. The topological polar surface area (TPSA) is 122 Å². The molecule has 0 bridgehead atoms. The van der Waals surface area contributed by atoms with Crippen LogP contribution in [-0.2, 0) is 6.42 Å². The average molecular weight is 474 g/mol. The van der Waals surface area contributed by atoms with E-state index in [1.807, 2.05) is 6.92 Å². The molecule has 1 aliphatic rings. The number of hydrogen-bond donors (Lipinski definition) is 1. The molecule has 1 aliphatic heterocycles. The van der Waals surface area contributed by atoms with Gasteiger partial charge in [0.2, 0.25) is 5.43 Å². The summed E-state index contributed by atoms with van der Waals surface area (Å²) < 4.78 is 22.5. The van der Waals surface area contributed by atoms with Crippen molar-refractivity contribution in [1.29, 1.82) is 0 Å². The number of hydrogen-bond acceptors (Lipinski definition) is 9. The summed E-state index contributed by atoms with van der Waals surface area (Å²) in [6, 6.07) is 13.8. The lowest BCUT2D eigenvalue weighted by molar-refractivity contribution is 0.0733. The SMILES string of the molecule is CCc1cc2c(=O)c(-c3ccc4c(c3)OCCO4)coc2cc1OC(=O)c1ccc(N([O-])O)cc1. The third-order valence-electron chi connectivity index (χ3n) is 5.72. The molecule has 0 saturated heterocycles. The first kappa shape index (κ1) is 22.5. The Hall–Kier alpha value is -4.34. The number of esters is 1. The maximum Gasteiger partial charge on any atom is 0.343 e. The van der Waals surface area contributed by atoms with Gasteiger partial charge in [0.05, 0.1) is 22.2 Å². The number of anilines is 1. The van der Waals surface area contributed by atoms with Crippen LogP contribution in [0.5, 0.6) is 17.2 Å². The molecule has 4 aromatic rings. The van der Waals surface area contributed by atoms with Gasteiger partial charge in [-0.3, -0.25) is 10.0 Å². The van der Waals surface area contributed by atoms with Crippen molar-refractivity contribution in [3.63, 3.8) is 0 Å². The van der Waals surface area contributed by atoms with Crippen LogP contribution in [-0.4, -0.2) is 24.4 Å². The summed E-state index contributed by atoms with van der Waals surface area (Å²) in [4.78, 5) is 25.9. The van der Waals surface area contributed by atoms with Crippen LogP contribution in [0.25, 0.3) is 22.1 Å². The van der Waals surface area contributed by atoms with Crippen molar-refractivity contribution in [3.8, 4) is 28.4 Å². The number of aryl methyl sites for hydroxylation is 1. The van der Waals surface area contributed by atoms with Crippen LogP contribution in [0.2, 0.25) is 0 Å². The van der Waals surface area contributed by atoms with Gasteiger partial charge in [0, 0.05) is 6.07 Å². The Balaban J connectivity index is 1.48. The zero-order valence-electron chi connectivity index (χ0n) is 18.6. The third-order valence-corrected chi connectivity index (χ3v) is 5.72. The highest BCUT2D eigenvalue weighted by atomic mass is 16.8. The lowest BCUT2D eigenvalue weighted by Gasteiger charge is -2.21. The number of carbonyl (C=O) groups is 1. The van der Waals surface area contributed by atoms with Crippen LogP contribution in [0.1, 0.15) is 22.8 Å². The quantitative estimate of drug-likeness (QED) is 0.249. The normalized spacial score (nSPS) is 12.4. The van der Waals surface area contributed by atoms with Crippen molar-refractivity contribution < 1.29 is 28.6 Å². The average Bonchev–Trinajstić information content (AvgIpc) is 2.88. The van der Waals surface area contributed by atoms with Crippen molar-refractivity contribution in [2.45, 2.75) is 13.3 Å². The minimum absolute atomic E-state index is 0.0166. The van der Waals surface area contributed by atoms with E-state index in [0.717, 1.165) is 0 Å². The third kappa shape index (κ3) is 4.30. The molecule has 0 saturated carbocycles. The number of benzene rings is 3. The van der Waals surface area contributed by atoms with E-state index in [1.165, 1.54) is 36.6 Å². The monoisotopic (exact) mass is 474 g/mol. The molecule has 0 fully saturated rings. The molecule has 0 unspecified atom stereocenters. The summed E-state index contributed by atoms with van der Waals surface area (Å²) in [5.74, 6) is 0.800. The van der Waals surface area contributed by atoms with Crippen LogP contribution in [0, 0.1) is 5.21 Å². The van der Waals surface area contributed by atoms with Crippen LogP contribution >= 0.6 is 0 Å². The Morgan fingerprint density at radius 1 is 1.06 bits per heavy atom. The largest absolute Gasteiger partial charge is 0.733 e. The minimum atomic E-state index is -0.656. The number of fused-ring (bicyclic) bond motifs is 2. The van der Waals surface area contributed by atoms with E-state index in [1.54, 1.807) is 24.3 Å². The van der Waals surface area contributed by atoms with E-state index in [2.05, 4.69) is 0 Å². The van der Waals surface area contributed by atoms with Gasteiger partial charge in [-0.05, 0) is 60.0 Å². The van der Waals surface area contributed by atoms with E-state index >= 15 is 0 Å². The highest BCUT2D eigenvalue weighted by Crippen LogP contribution is 2.35. The standard InChI is InChI=1S/C26H20NO8/c1-2-15-11-19-23(13-22(15)35-26(29)16-3-6-18(7-4-16)27(30)31)34-14-20(25(19)28)17-5-8-21-24(12-17)33-10-9-32-21/h3-8,11-14,30H,2,9-10H2,1H3/q-1. The van der Waals surface area contributed by atoms with E-state index in [9.17, 15) is 14.8 Å². The lowest BCUT2D eigenvalue weighted by atomic mass is 10.0. The second-order valence-electron chi connectivity index (χ2n) is 7.86. The zero-order valence-corrected chi connectivity index (χ0v) is 18.6. The maximum atomic E-state index is 13.3. The van der Waals surface area contributed by atoms with Crippen LogP contribution in [0.4, 0.5) is 5.69 Å². The second kappa shape index (κ2) is 9.13. The molecule has 5 rings (SSSR count). The summed E-state index contributed by atoms with van der Waals surface area (Å²) >= 11 is 0. The van der Waals surface area contributed by atoms with Gasteiger partial charge in [0.15, 0.2) is 11.5 Å². The summed E-state index contributed by atoms with van der Waals surface area (Å²) in [5, 5.41) is 19.9. The molecule has 0 radical (unpaired) electrons. The van der Waals surface area contributed by atoms with Gasteiger partial charge in [0.1, 0.15) is 30.8 Å². The minimum Gasteiger partial charge on any atom is -0.733 e. The van der Waals surface area contributed by atoms with E-state index in [-0.39, 0.29) is 33.2 Å². The van der Waals surface area contributed by atoms with Gasteiger partial charge in [-0.15, -0.1) is 0 Å². The van der Waals surface area contributed by atoms with Crippen molar-refractivity contribution in [2.75, 3.05) is 18.4 Å². The smallest absolute Gasteiger partial charge is 0.343 e. The fourth-order valence-electron chi connectivity index (χ4n) is 3.87. The summed E-state index contributed by atoms with van der Waals surface area (Å²) in [7, 11) is 0. The molecule has 35 heavy (non-hydrogen) atoms. The molecule has 9 nitrogen and oxygen atoms in total. The summed E-state index contributed by atoms with van der Waals surface area (Å²) in [6.45, 7) is 2.79. The molecule has 2 heterocycles. The molecule has 0 amide bonds. The molecule has 1 aromatic heterocycles. The van der Waals surface area contributed by atoms with Gasteiger partial charge >= 0.3 is 5.97 Å². The first-order valence-electron chi connectivity index (χ1n) is 10.9. The van der Waals surface area contributed by atoms with Crippen LogP contribution in [0.3, 0.4) is 0 Å². The van der Waals surface area contributed by atoms with E-state index in [4.69, 9.17) is 23.8 Å². The predicted molar refractivity (Wildman–Crippen MR) is 127 cm³/mol. The lowest BCUT2D eigenvalue weighted by Crippen LogP contribution is -2.15. The van der Waals surface area contributed by atoms with Gasteiger partial charge in [-0.2, -0.15) is 0 Å². The van der Waals surface area contributed by atoms with Gasteiger partial charge < -0.3 is 29.1 Å². The van der Waals surface area contributed by atoms with Crippen molar-refractivity contribution in [3.05, 3.63) is 87.4 Å². The Morgan fingerprint density at radius 3 is 2.51 bits per heavy atom. The molecular formula is C26H20NO8-. The molecular weight excluding hydrogens is 454 g/mol. The molecule has 178 valence electrons. The molecule has 9 heteroatoms. The Bertz CT molecular complexity index is 1470. The number of ether oxygens (including phenoxy) is 3. The molecule has 3 aromatic carbocycles. The van der Waals surface area contributed by atoms with Crippen molar-refractivity contribution in [2.24, 2.45) is 0 Å². The van der Waals surface area contributed by atoms with Gasteiger partial charge in [-0.1, -0.05) is 13.0 Å². The highest BCUT2D eigenvalue weighted by molar-refractivity contribution is 5.92. The van der Waals surface area contributed by atoms with E-state index in [0.29, 0.717) is 53.2 Å². The fraction of sp³-hybridized carbons (Fsp3) is 0.154. The molecule has 0 spiro atoms.